The van der Waals surface area contributed by atoms with E-state index in [2.05, 4.69) is 0 Å². The van der Waals surface area contributed by atoms with Crippen LogP contribution in [0.15, 0.2) is 76.0 Å². The van der Waals surface area contributed by atoms with Crippen LogP contribution in [-0.2, 0) is 14.3 Å². The van der Waals surface area contributed by atoms with Crippen molar-refractivity contribution >= 4 is 23.0 Å². The van der Waals surface area contributed by atoms with E-state index in [4.69, 9.17) is 23.4 Å². The van der Waals surface area contributed by atoms with E-state index in [9.17, 15) is 35.1 Å². The van der Waals surface area contributed by atoms with Gasteiger partial charge in [0, 0.05) is 23.8 Å². The maximum Gasteiger partial charge on any atom is 0.331 e. The highest BCUT2D eigenvalue weighted by Crippen LogP contribution is 2.38. The van der Waals surface area contributed by atoms with Crippen LogP contribution in [0.5, 0.6) is 28.7 Å². The lowest BCUT2D eigenvalue weighted by Gasteiger charge is -2.40. The van der Waals surface area contributed by atoms with Gasteiger partial charge < -0.3 is 48.9 Å². The summed E-state index contributed by atoms with van der Waals surface area (Å²) in [5, 5.41) is 51.8. The number of carbonyl (C=O) groups excluding carboxylic acids is 1. The Balaban J connectivity index is 1.47. The number of carbonyl (C=O) groups is 1. The second-order valence-corrected chi connectivity index (χ2v) is 9.80. The van der Waals surface area contributed by atoms with E-state index in [0.717, 1.165) is 18.2 Å². The van der Waals surface area contributed by atoms with E-state index in [1.165, 1.54) is 44.4 Å². The van der Waals surface area contributed by atoms with Gasteiger partial charge in [0.25, 0.3) is 0 Å². The Morgan fingerprint density at radius 1 is 0.953 bits per heavy atom. The van der Waals surface area contributed by atoms with E-state index in [1.54, 1.807) is 24.3 Å². The summed E-state index contributed by atoms with van der Waals surface area (Å²) < 4.78 is 27.8. The smallest absolute Gasteiger partial charge is 0.331 e. The molecule has 5 rings (SSSR count). The topological polar surface area (TPSA) is 185 Å². The molecule has 12 nitrogen and oxygen atoms in total. The molecule has 1 saturated heterocycles. The van der Waals surface area contributed by atoms with Crippen molar-refractivity contribution in [3.8, 4) is 40.1 Å². The Kier molecular flexibility index (Phi) is 8.26. The van der Waals surface area contributed by atoms with Gasteiger partial charge in [0.05, 0.1) is 13.2 Å². The Bertz CT molecular complexity index is 1740. The highest BCUT2D eigenvalue weighted by molar-refractivity contribution is 5.88. The Morgan fingerprint density at radius 3 is 2.47 bits per heavy atom. The highest BCUT2D eigenvalue weighted by atomic mass is 16.7. The van der Waals surface area contributed by atoms with Crippen molar-refractivity contribution in [3.63, 3.8) is 0 Å². The summed E-state index contributed by atoms with van der Waals surface area (Å²) >= 11 is 0. The van der Waals surface area contributed by atoms with Crippen molar-refractivity contribution in [1.82, 2.24) is 0 Å². The van der Waals surface area contributed by atoms with Crippen LogP contribution in [0.25, 0.3) is 28.4 Å². The zero-order valence-electron chi connectivity index (χ0n) is 22.9. The lowest BCUT2D eigenvalue weighted by atomic mass is 9.99. The van der Waals surface area contributed by atoms with Crippen molar-refractivity contribution in [3.05, 3.63) is 82.5 Å². The van der Waals surface area contributed by atoms with Crippen LogP contribution in [0.3, 0.4) is 0 Å². The van der Waals surface area contributed by atoms with Crippen LogP contribution in [0.2, 0.25) is 0 Å². The summed E-state index contributed by atoms with van der Waals surface area (Å²) in [5.41, 5.74) is -0.253. The van der Waals surface area contributed by atoms with Crippen molar-refractivity contribution in [2.75, 3.05) is 7.11 Å². The number of rotatable bonds is 7. The molecule has 5 N–H and O–H groups in total. The van der Waals surface area contributed by atoms with Crippen LogP contribution in [0.4, 0.5) is 0 Å². The standard InChI is InChI=1S/C31H28O12/c1-15-25(36)29(42-23(35)10-9-16-5-3-8-20(11-16)39-2)27(38)31(40-15)43-30-26(37)24-21(34)13-19(33)14-22(24)41-28(30)17-6-4-7-18(32)12-17/h3-15,25,27,29,31-34,36,38H,1-2H3/b10-9+. The van der Waals surface area contributed by atoms with Gasteiger partial charge in [0.15, 0.2) is 18.0 Å². The summed E-state index contributed by atoms with van der Waals surface area (Å²) in [5.74, 6) is -2.17. The van der Waals surface area contributed by atoms with E-state index >= 15 is 0 Å². The van der Waals surface area contributed by atoms with Crippen LogP contribution >= 0.6 is 0 Å². The first-order valence-corrected chi connectivity index (χ1v) is 13.1. The fourth-order valence-corrected chi connectivity index (χ4v) is 4.64. The lowest BCUT2D eigenvalue weighted by molar-refractivity contribution is -0.271. The second kappa shape index (κ2) is 12.1. The number of benzene rings is 3. The van der Waals surface area contributed by atoms with Gasteiger partial charge in [-0.2, -0.15) is 0 Å². The number of hydrogen-bond donors (Lipinski definition) is 5. The molecule has 224 valence electrons. The molecule has 0 bridgehead atoms. The van der Waals surface area contributed by atoms with Crippen molar-refractivity contribution in [1.29, 1.82) is 0 Å². The highest BCUT2D eigenvalue weighted by Gasteiger charge is 2.47. The number of aliphatic hydroxyl groups excluding tert-OH is 2. The SMILES string of the molecule is COc1cccc(/C=C/C(=O)OC2C(O)C(C)OC(Oc3c(-c4cccc(O)c4)oc4cc(O)cc(O)c4c3=O)C2O)c1. The number of phenols is 3. The quantitative estimate of drug-likeness (QED) is 0.156. The molecular weight excluding hydrogens is 564 g/mol. The summed E-state index contributed by atoms with van der Waals surface area (Å²) in [6.07, 6.45) is -4.90. The summed E-state index contributed by atoms with van der Waals surface area (Å²) in [6.45, 7) is 1.45. The normalized spacial score (nSPS) is 22.0. The van der Waals surface area contributed by atoms with Gasteiger partial charge in [-0.05, 0) is 42.8 Å². The molecule has 1 aromatic heterocycles. The zero-order chi connectivity index (χ0) is 30.8. The molecule has 5 atom stereocenters. The first-order chi connectivity index (χ1) is 20.5. The fraction of sp³-hybridized carbons (Fsp3) is 0.226. The predicted octanol–water partition coefficient (Wildman–Crippen LogP) is 3.06. The molecule has 0 radical (unpaired) electrons. The number of methoxy groups -OCH3 is 1. The molecule has 1 aliphatic heterocycles. The van der Waals surface area contributed by atoms with Crippen LogP contribution in [-0.4, -0.2) is 69.3 Å². The molecule has 0 amide bonds. The Labute approximate surface area is 244 Å². The Hall–Kier alpha value is -5.04. The van der Waals surface area contributed by atoms with Crippen LogP contribution in [0, 0.1) is 0 Å². The molecule has 1 aliphatic rings. The molecule has 5 unspecified atom stereocenters. The Morgan fingerprint density at radius 2 is 1.72 bits per heavy atom. The minimum absolute atomic E-state index is 0.162. The van der Waals surface area contributed by atoms with Gasteiger partial charge in [0.2, 0.25) is 17.5 Å². The van der Waals surface area contributed by atoms with E-state index in [0.29, 0.717) is 11.3 Å². The molecule has 3 aromatic carbocycles. The van der Waals surface area contributed by atoms with Gasteiger partial charge in [-0.3, -0.25) is 4.79 Å². The second-order valence-electron chi connectivity index (χ2n) is 9.80. The molecule has 0 aliphatic carbocycles. The predicted molar refractivity (Wildman–Crippen MR) is 152 cm³/mol. The monoisotopic (exact) mass is 592 g/mol. The van der Waals surface area contributed by atoms with E-state index in [1.807, 2.05) is 0 Å². The van der Waals surface area contributed by atoms with Crippen molar-refractivity contribution < 1.29 is 53.7 Å². The van der Waals surface area contributed by atoms with Crippen LogP contribution < -0.4 is 14.9 Å². The van der Waals surface area contributed by atoms with Gasteiger partial charge in [-0.15, -0.1) is 0 Å². The average Bonchev–Trinajstić information content (AvgIpc) is 2.97. The number of ether oxygens (including phenoxy) is 4. The molecule has 0 spiro atoms. The fourth-order valence-electron chi connectivity index (χ4n) is 4.64. The number of hydrogen-bond acceptors (Lipinski definition) is 12. The number of esters is 1. The minimum atomic E-state index is -1.79. The van der Waals surface area contributed by atoms with Crippen LogP contribution in [0.1, 0.15) is 12.5 Å². The third-order valence-corrected chi connectivity index (χ3v) is 6.80. The number of aliphatic hydroxyl groups is 2. The summed E-state index contributed by atoms with van der Waals surface area (Å²) in [7, 11) is 1.51. The maximum absolute atomic E-state index is 13.6. The maximum atomic E-state index is 13.6. The van der Waals surface area contributed by atoms with E-state index < -0.39 is 53.6 Å². The third-order valence-electron chi connectivity index (χ3n) is 6.80. The average molecular weight is 593 g/mol. The minimum Gasteiger partial charge on any atom is -0.508 e. The summed E-state index contributed by atoms with van der Waals surface area (Å²) in [4.78, 5) is 26.3. The van der Waals surface area contributed by atoms with E-state index in [-0.39, 0.29) is 33.8 Å². The summed E-state index contributed by atoms with van der Waals surface area (Å²) in [6, 6.07) is 14.6. The van der Waals surface area contributed by atoms with Gasteiger partial charge in [0.1, 0.15) is 40.1 Å². The zero-order valence-corrected chi connectivity index (χ0v) is 22.9. The number of aromatic hydroxyl groups is 3. The first kappa shape index (κ1) is 29.5. The molecule has 12 heteroatoms. The molecule has 4 aromatic rings. The largest absolute Gasteiger partial charge is 0.508 e. The van der Waals surface area contributed by atoms with Gasteiger partial charge >= 0.3 is 5.97 Å². The third kappa shape index (κ3) is 6.11. The molecule has 43 heavy (non-hydrogen) atoms. The van der Waals surface area contributed by atoms with Gasteiger partial charge in [-0.25, -0.2) is 4.79 Å². The molecule has 1 fully saturated rings. The number of fused-ring (bicyclic) bond motifs is 1. The first-order valence-electron chi connectivity index (χ1n) is 13.1. The van der Waals surface area contributed by atoms with Crippen molar-refractivity contribution in [2.24, 2.45) is 0 Å². The number of phenolic OH excluding ortho intramolecular Hbond substituents is 3. The molecule has 0 saturated carbocycles. The molecular formula is C31H28O12. The lowest BCUT2D eigenvalue weighted by Crippen LogP contribution is -2.59. The molecule has 2 heterocycles. The van der Waals surface area contributed by atoms with Gasteiger partial charge in [-0.1, -0.05) is 24.3 Å². The van der Waals surface area contributed by atoms with Crippen molar-refractivity contribution in [2.45, 2.75) is 37.6 Å².